The van der Waals surface area contributed by atoms with Crippen molar-refractivity contribution in [3.8, 4) is 5.75 Å². The maximum atomic E-state index is 12.4. The second-order valence-electron chi connectivity index (χ2n) is 6.64. The summed E-state index contributed by atoms with van der Waals surface area (Å²) in [7, 11) is 1.58. The van der Waals surface area contributed by atoms with Crippen LogP contribution in [0, 0.1) is 5.92 Å². The van der Waals surface area contributed by atoms with E-state index < -0.39 is 23.5 Å². The van der Waals surface area contributed by atoms with Crippen molar-refractivity contribution in [2.24, 2.45) is 5.92 Å². The predicted molar refractivity (Wildman–Crippen MR) is 82.7 cm³/mol. The summed E-state index contributed by atoms with van der Waals surface area (Å²) in [6, 6.07) is 6.83. The highest BCUT2D eigenvalue weighted by Crippen LogP contribution is 2.41. The van der Waals surface area contributed by atoms with Gasteiger partial charge in [0.15, 0.2) is 0 Å². The van der Waals surface area contributed by atoms with E-state index in [0.29, 0.717) is 12.2 Å². The zero-order valence-electron chi connectivity index (χ0n) is 13.5. The Labute approximate surface area is 130 Å². The van der Waals surface area contributed by atoms with Crippen LogP contribution in [0.15, 0.2) is 24.3 Å². The number of methoxy groups -OCH3 is 1. The van der Waals surface area contributed by atoms with E-state index in [1.54, 1.807) is 24.1 Å². The number of hydrogen-bond donors (Lipinski definition) is 1. The number of hydrogen-bond acceptors (Lipinski definition) is 3. The Morgan fingerprint density at radius 3 is 2.32 bits per heavy atom. The lowest BCUT2D eigenvalue weighted by molar-refractivity contribution is -0.156. The van der Waals surface area contributed by atoms with Crippen molar-refractivity contribution >= 4 is 11.9 Å². The van der Waals surface area contributed by atoms with E-state index in [9.17, 15) is 14.7 Å². The highest BCUT2D eigenvalue weighted by molar-refractivity contribution is 5.82. The zero-order valence-corrected chi connectivity index (χ0v) is 13.5. The molecule has 5 nitrogen and oxygen atoms in total. The van der Waals surface area contributed by atoms with Crippen LogP contribution in [0.2, 0.25) is 0 Å². The van der Waals surface area contributed by atoms with Crippen molar-refractivity contribution < 1.29 is 19.4 Å². The highest BCUT2D eigenvalue weighted by atomic mass is 16.5. The van der Waals surface area contributed by atoms with Crippen molar-refractivity contribution in [1.29, 1.82) is 0 Å². The maximum absolute atomic E-state index is 12.4. The molecule has 0 spiro atoms. The molecule has 1 N–H and O–H groups in total. The fourth-order valence-electron chi connectivity index (χ4n) is 3.12. The van der Waals surface area contributed by atoms with Gasteiger partial charge in [0.2, 0.25) is 5.91 Å². The second-order valence-corrected chi connectivity index (χ2v) is 6.64. The van der Waals surface area contributed by atoms with Gasteiger partial charge >= 0.3 is 5.97 Å². The van der Waals surface area contributed by atoms with Crippen LogP contribution in [0.4, 0.5) is 0 Å². The van der Waals surface area contributed by atoms with Crippen molar-refractivity contribution in [2.75, 3.05) is 7.11 Å². The third-order valence-corrected chi connectivity index (χ3v) is 4.09. The van der Waals surface area contributed by atoms with Gasteiger partial charge in [-0.15, -0.1) is 0 Å². The average molecular weight is 305 g/mol. The van der Waals surface area contributed by atoms with Crippen molar-refractivity contribution in [3.05, 3.63) is 29.8 Å². The number of piperidine rings is 1. The Hall–Kier alpha value is -2.04. The molecule has 5 heteroatoms. The van der Waals surface area contributed by atoms with E-state index >= 15 is 0 Å². The van der Waals surface area contributed by atoms with Gasteiger partial charge in [0, 0.05) is 12.0 Å². The fraction of sp³-hybridized carbons (Fsp3) is 0.529. The standard InChI is InChI=1S/C17H23NO4/c1-17(2,3)18-14(19)10-9-13(16(20)21)15(18)11-5-7-12(22-4)8-6-11/h5-8,13,15H,9-10H2,1-4H3,(H,20,21)/t13-,15+/m0/s1. The second kappa shape index (κ2) is 5.99. The summed E-state index contributed by atoms with van der Waals surface area (Å²) in [5.41, 5.74) is 0.395. The average Bonchev–Trinajstić information content (AvgIpc) is 2.45. The van der Waals surface area contributed by atoms with Crippen LogP contribution in [0.25, 0.3) is 0 Å². The summed E-state index contributed by atoms with van der Waals surface area (Å²) in [5.74, 6) is -0.737. The van der Waals surface area contributed by atoms with Crippen LogP contribution in [0.5, 0.6) is 5.75 Å². The molecule has 1 fully saturated rings. The number of carbonyl (C=O) groups is 2. The van der Waals surface area contributed by atoms with Crippen LogP contribution in [-0.4, -0.2) is 34.5 Å². The number of amides is 1. The molecule has 1 aromatic rings. The first kappa shape index (κ1) is 16.3. The van der Waals surface area contributed by atoms with Crippen LogP contribution in [0.3, 0.4) is 0 Å². The monoisotopic (exact) mass is 305 g/mol. The van der Waals surface area contributed by atoms with Crippen molar-refractivity contribution in [1.82, 2.24) is 4.90 Å². The lowest BCUT2D eigenvalue weighted by Gasteiger charge is -2.47. The first-order valence-electron chi connectivity index (χ1n) is 7.44. The molecule has 0 saturated carbocycles. The molecule has 120 valence electrons. The Bertz CT molecular complexity index is 559. The maximum Gasteiger partial charge on any atom is 0.308 e. The molecule has 1 amide bonds. The number of nitrogens with zero attached hydrogens (tertiary/aromatic N) is 1. The summed E-state index contributed by atoms with van der Waals surface area (Å²) in [5, 5.41) is 9.58. The lowest BCUT2D eigenvalue weighted by atomic mass is 9.81. The molecule has 1 heterocycles. The van der Waals surface area contributed by atoms with Gasteiger partial charge in [-0.1, -0.05) is 12.1 Å². The first-order valence-corrected chi connectivity index (χ1v) is 7.44. The SMILES string of the molecule is COc1ccc([C@@H]2[C@@H](C(=O)O)CCC(=O)N2C(C)(C)C)cc1. The van der Waals surface area contributed by atoms with Gasteiger partial charge in [0.25, 0.3) is 0 Å². The number of carboxylic acids is 1. The third-order valence-electron chi connectivity index (χ3n) is 4.09. The molecular weight excluding hydrogens is 282 g/mol. The smallest absolute Gasteiger partial charge is 0.308 e. The van der Waals surface area contributed by atoms with Gasteiger partial charge in [-0.25, -0.2) is 0 Å². The molecule has 1 aliphatic heterocycles. The lowest BCUT2D eigenvalue weighted by Crippen LogP contribution is -2.53. The number of rotatable bonds is 3. The molecule has 1 saturated heterocycles. The minimum atomic E-state index is -0.859. The summed E-state index contributed by atoms with van der Waals surface area (Å²) in [6.45, 7) is 5.81. The number of carbonyl (C=O) groups excluding carboxylic acids is 1. The topological polar surface area (TPSA) is 66.8 Å². The molecule has 1 aromatic carbocycles. The fourth-order valence-corrected chi connectivity index (χ4v) is 3.12. The Kier molecular flexibility index (Phi) is 4.44. The molecule has 1 aliphatic rings. The zero-order chi connectivity index (χ0) is 16.5. The molecule has 0 aliphatic carbocycles. The number of likely N-dealkylation sites (tertiary alicyclic amines) is 1. The summed E-state index contributed by atoms with van der Waals surface area (Å²) in [4.78, 5) is 25.8. The van der Waals surface area contributed by atoms with Gasteiger partial charge in [0.05, 0.1) is 19.1 Å². The van der Waals surface area contributed by atoms with E-state index in [4.69, 9.17) is 4.74 Å². The number of ether oxygens (including phenoxy) is 1. The summed E-state index contributed by atoms with van der Waals surface area (Å²) < 4.78 is 5.15. The van der Waals surface area contributed by atoms with Crippen LogP contribution in [-0.2, 0) is 9.59 Å². The van der Waals surface area contributed by atoms with Crippen LogP contribution < -0.4 is 4.74 Å². The molecular formula is C17H23NO4. The van der Waals surface area contributed by atoms with Crippen LogP contribution >= 0.6 is 0 Å². The summed E-state index contributed by atoms with van der Waals surface area (Å²) >= 11 is 0. The third kappa shape index (κ3) is 3.08. The minimum Gasteiger partial charge on any atom is -0.497 e. The largest absolute Gasteiger partial charge is 0.497 e. The number of carboxylic acid groups (broad SMARTS) is 1. The van der Waals surface area contributed by atoms with Gasteiger partial charge < -0.3 is 14.7 Å². The Morgan fingerprint density at radius 2 is 1.86 bits per heavy atom. The summed E-state index contributed by atoms with van der Waals surface area (Å²) in [6.07, 6.45) is 0.651. The van der Waals surface area contributed by atoms with E-state index in [1.807, 2.05) is 32.9 Å². The molecule has 2 rings (SSSR count). The molecule has 0 bridgehead atoms. The molecule has 22 heavy (non-hydrogen) atoms. The van der Waals surface area contributed by atoms with E-state index in [1.165, 1.54) is 0 Å². The van der Waals surface area contributed by atoms with Gasteiger partial charge in [-0.05, 0) is 44.9 Å². The molecule has 2 atom stereocenters. The number of benzene rings is 1. The van der Waals surface area contributed by atoms with Gasteiger partial charge in [-0.3, -0.25) is 9.59 Å². The quantitative estimate of drug-likeness (QED) is 0.932. The van der Waals surface area contributed by atoms with E-state index in [0.717, 1.165) is 5.56 Å². The Balaban J connectivity index is 2.49. The van der Waals surface area contributed by atoms with E-state index in [2.05, 4.69) is 0 Å². The van der Waals surface area contributed by atoms with E-state index in [-0.39, 0.29) is 12.3 Å². The molecule has 0 unspecified atom stereocenters. The van der Waals surface area contributed by atoms with Crippen LogP contribution in [0.1, 0.15) is 45.2 Å². The number of aliphatic carboxylic acids is 1. The Morgan fingerprint density at radius 1 is 1.27 bits per heavy atom. The first-order chi connectivity index (χ1) is 10.3. The molecule has 0 radical (unpaired) electrons. The predicted octanol–water partition coefficient (Wildman–Crippen LogP) is 2.86. The molecule has 0 aromatic heterocycles. The van der Waals surface area contributed by atoms with Crippen molar-refractivity contribution in [3.63, 3.8) is 0 Å². The minimum absolute atomic E-state index is 0.00539. The van der Waals surface area contributed by atoms with Crippen molar-refractivity contribution in [2.45, 2.75) is 45.2 Å². The van der Waals surface area contributed by atoms with Gasteiger partial charge in [-0.2, -0.15) is 0 Å². The highest BCUT2D eigenvalue weighted by Gasteiger charge is 2.44. The van der Waals surface area contributed by atoms with Gasteiger partial charge in [0.1, 0.15) is 5.75 Å². The normalized spacial score (nSPS) is 22.5.